The van der Waals surface area contributed by atoms with Gasteiger partial charge in [-0.1, -0.05) is 12.8 Å². The summed E-state index contributed by atoms with van der Waals surface area (Å²) in [6, 6.07) is 4.87. The second-order valence-electron chi connectivity index (χ2n) is 11.3. The van der Waals surface area contributed by atoms with E-state index in [1.807, 2.05) is 6.92 Å². The summed E-state index contributed by atoms with van der Waals surface area (Å²) in [4.78, 5) is 22.8. The quantitative estimate of drug-likeness (QED) is 0.242. The predicted octanol–water partition coefficient (Wildman–Crippen LogP) is 4.69. The molecular formula is C30H46N4O3. The molecule has 1 aromatic carbocycles. The molecule has 0 aromatic heterocycles. The van der Waals surface area contributed by atoms with Crippen molar-refractivity contribution in [1.82, 2.24) is 15.1 Å². The molecule has 7 nitrogen and oxygen atoms in total. The van der Waals surface area contributed by atoms with Crippen molar-refractivity contribution in [2.75, 3.05) is 45.8 Å². The number of likely N-dealkylation sites (tertiary alicyclic amines) is 2. The number of aliphatic imine (C=N–C) groups is 1. The van der Waals surface area contributed by atoms with E-state index in [1.54, 1.807) is 12.1 Å². The van der Waals surface area contributed by atoms with E-state index < -0.39 is 0 Å². The van der Waals surface area contributed by atoms with Gasteiger partial charge in [0.05, 0.1) is 5.70 Å². The maximum Gasteiger partial charge on any atom is 0.223 e. The Morgan fingerprint density at radius 3 is 2.30 bits per heavy atom. The van der Waals surface area contributed by atoms with Crippen LogP contribution in [-0.4, -0.2) is 77.4 Å². The molecule has 2 saturated heterocycles. The van der Waals surface area contributed by atoms with Gasteiger partial charge in [-0.3, -0.25) is 14.7 Å². The summed E-state index contributed by atoms with van der Waals surface area (Å²) in [7, 11) is 0. The molecule has 0 bridgehead atoms. The highest BCUT2D eigenvalue weighted by atomic mass is 16.3. The van der Waals surface area contributed by atoms with Gasteiger partial charge in [0.15, 0.2) is 11.5 Å². The van der Waals surface area contributed by atoms with Crippen LogP contribution in [-0.2, 0) is 4.79 Å². The molecule has 0 radical (unpaired) electrons. The van der Waals surface area contributed by atoms with Crippen LogP contribution in [0.2, 0.25) is 0 Å². The molecule has 1 aromatic rings. The van der Waals surface area contributed by atoms with Gasteiger partial charge in [0.25, 0.3) is 0 Å². The van der Waals surface area contributed by atoms with Crippen molar-refractivity contribution in [2.24, 2.45) is 16.8 Å². The molecule has 1 saturated carbocycles. The van der Waals surface area contributed by atoms with Gasteiger partial charge >= 0.3 is 0 Å². The second kappa shape index (κ2) is 13.4. The molecule has 0 spiro atoms. The smallest absolute Gasteiger partial charge is 0.223 e. The van der Waals surface area contributed by atoms with E-state index >= 15 is 0 Å². The van der Waals surface area contributed by atoms with Crippen molar-refractivity contribution in [1.29, 1.82) is 0 Å². The number of amides is 1. The van der Waals surface area contributed by atoms with Crippen molar-refractivity contribution >= 4 is 11.6 Å². The van der Waals surface area contributed by atoms with Crippen molar-refractivity contribution < 1.29 is 15.0 Å². The fraction of sp³-hybridized carbons (Fsp3) is 0.667. The molecule has 2 heterocycles. The minimum atomic E-state index is -0.125. The predicted molar refractivity (Wildman–Crippen MR) is 149 cm³/mol. The topological polar surface area (TPSA) is 88.4 Å². The first-order valence-corrected chi connectivity index (χ1v) is 14.4. The van der Waals surface area contributed by atoms with Crippen LogP contribution in [0.4, 0.5) is 0 Å². The lowest BCUT2D eigenvalue weighted by molar-refractivity contribution is -0.126. The minimum absolute atomic E-state index is 0.108. The average molecular weight is 511 g/mol. The maximum absolute atomic E-state index is 12.8. The average Bonchev–Trinajstić information content (AvgIpc) is 2.87. The SMILES string of the molecule is CC(=N/C(CN1CCC(C(=O)NCCCN2CCCCC2)CC1)=C(/C)C1CCC1)c1ccc(O)c(O)c1. The number of hydrogen-bond acceptors (Lipinski definition) is 6. The third-order valence-corrected chi connectivity index (χ3v) is 8.60. The number of rotatable bonds is 10. The zero-order valence-corrected chi connectivity index (χ0v) is 22.8. The van der Waals surface area contributed by atoms with Crippen molar-refractivity contribution in [2.45, 2.75) is 71.6 Å². The van der Waals surface area contributed by atoms with E-state index in [9.17, 15) is 15.0 Å². The molecule has 4 rings (SSSR count). The van der Waals surface area contributed by atoms with Gasteiger partial charge in [0, 0.05) is 24.7 Å². The number of carbonyl (C=O) groups is 1. The van der Waals surface area contributed by atoms with E-state index in [0.29, 0.717) is 5.92 Å². The van der Waals surface area contributed by atoms with Crippen molar-refractivity contribution in [3.63, 3.8) is 0 Å². The number of carbonyl (C=O) groups excluding carboxylic acids is 1. The highest BCUT2D eigenvalue weighted by Crippen LogP contribution is 2.35. The van der Waals surface area contributed by atoms with Crippen LogP contribution in [0, 0.1) is 11.8 Å². The first-order valence-electron chi connectivity index (χ1n) is 14.4. The molecule has 0 unspecified atom stereocenters. The minimum Gasteiger partial charge on any atom is -0.504 e. The number of allylic oxidation sites excluding steroid dienone is 1. The Hall–Kier alpha value is -2.38. The molecule has 0 atom stereocenters. The van der Waals surface area contributed by atoms with Gasteiger partial charge in [-0.2, -0.15) is 0 Å². The van der Waals surface area contributed by atoms with Gasteiger partial charge in [0.1, 0.15) is 0 Å². The molecular weight excluding hydrogens is 464 g/mol. The lowest BCUT2D eigenvalue weighted by atomic mass is 9.79. The number of hydrogen-bond donors (Lipinski definition) is 3. The molecule has 3 N–H and O–H groups in total. The van der Waals surface area contributed by atoms with Crippen LogP contribution >= 0.6 is 0 Å². The standard InChI is InChI=1S/C30H46N4O3/c1-22(24-8-6-9-24)27(32-23(2)26-10-11-28(35)29(36)20-26)21-34-18-12-25(13-19-34)30(37)31-14-7-17-33-15-4-3-5-16-33/h10-11,20,24-25,35-36H,3-9,12-19,21H2,1-2H3,(H,31,37)/b27-22-,32-23?. The number of nitrogens with zero attached hydrogens (tertiary/aromatic N) is 3. The third kappa shape index (κ3) is 7.81. The van der Waals surface area contributed by atoms with E-state index in [0.717, 1.165) is 69.0 Å². The zero-order chi connectivity index (χ0) is 26.2. The molecule has 37 heavy (non-hydrogen) atoms. The normalized spacial score (nSPS) is 21.4. The monoisotopic (exact) mass is 510 g/mol. The van der Waals surface area contributed by atoms with E-state index in [1.165, 1.54) is 63.3 Å². The van der Waals surface area contributed by atoms with Gasteiger partial charge in [-0.05, 0) is 127 Å². The van der Waals surface area contributed by atoms with Crippen molar-refractivity contribution in [3.8, 4) is 11.5 Å². The third-order valence-electron chi connectivity index (χ3n) is 8.60. The highest BCUT2D eigenvalue weighted by Gasteiger charge is 2.27. The number of piperidine rings is 2. The second-order valence-corrected chi connectivity index (χ2v) is 11.3. The summed E-state index contributed by atoms with van der Waals surface area (Å²) in [5.41, 5.74) is 4.12. The van der Waals surface area contributed by atoms with Crippen LogP contribution in [0.25, 0.3) is 0 Å². The van der Waals surface area contributed by atoms with Gasteiger partial charge < -0.3 is 20.4 Å². The molecule has 2 aliphatic heterocycles. The summed E-state index contributed by atoms with van der Waals surface area (Å²) >= 11 is 0. The number of phenols is 2. The Bertz CT molecular complexity index is 971. The summed E-state index contributed by atoms with van der Waals surface area (Å²) in [6.07, 6.45) is 10.5. The fourth-order valence-corrected chi connectivity index (χ4v) is 5.75. The van der Waals surface area contributed by atoms with E-state index in [-0.39, 0.29) is 23.3 Å². The van der Waals surface area contributed by atoms with Gasteiger partial charge in [0.2, 0.25) is 5.91 Å². The lowest BCUT2D eigenvalue weighted by Gasteiger charge is -2.33. The Labute approximate surface area is 222 Å². The summed E-state index contributed by atoms with van der Waals surface area (Å²) < 4.78 is 0. The fourth-order valence-electron chi connectivity index (χ4n) is 5.75. The van der Waals surface area contributed by atoms with Gasteiger partial charge in [-0.15, -0.1) is 0 Å². The molecule has 1 aliphatic carbocycles. The first kappa shape index (κ1) is 27.6. The van der Waals surface area contributed by atoms with Crippen molar-refractivity contribution in [3.05, 3.63) is 35.0 Å². The summed E-state index contributed by atoms with van der Waals surface area (Å²) in [6.45, 7) is 11.1. The molecule has 7 heteroatoms. The Balaban J connectivity index is 1.29. The van der Waals surface area contributed by atoms with Crippen LogP contribution in [0.15, 0.2) is 34.5 Å². The lowest BCUT2D eigenvalue weighted by Crippen LogP contribution is -2.42. The largest absolute Gasteiger partial charge is 0.504 e. The highest BCUT2D eigenvalue weighted by molar-refractivity contribution is 5.99. The summed E-state index contributed by atoms with van der Waals surface area (Å²) in [5, 5.41) is 22.8. The molecule has 204 valence electrons. The summed E-state index contributed by atoms with van der Waals surface area (Å²) in [5.74, 6) is 0.692. The Morgan fingerprint density at radius 2 is 1.65 bits per heavy atom. The Morgan fingerprint density at radius 1 is 0.919 bits per heavy atom. The Kier molecular flexibility index (Phi) is 10.0. The zero-order valence-electron chi connectivity index (χ0n) is 22.8. The molecule has 1 amide bonds. The van der Waals surface area contributed by atoms with Crippen LogP contribution in [0.1, 0.15) is 77.2 Å². The molecule has 3 aliphatic rings. The van der Waals surface area contributed by atoms with Crippen LogP contribution in [0.5, 0.6) is 11.5 Å². The van der Waals surface area contributed by atoms with Crippen LogP contribution < -0.4 is 5.32 Å². The number of aromatic hydroxyl groups is 2. The molecule has 3 fully saturated rings. The van der Waals surface area contributed by atoms with Crippen LogP contribution in [0.3, 0.4) is 0 Å². The van der Waals surface area contributed by atoms with E-state index in [2.05, 4.69) is 22.0 Å². The van der Waals surface area contributed by atoms with E-state index in [4.69, 9.17) is 4.99 Å². The number of nitrogens with one attached hydrogen (secondary N) is 1. The number of benzene rings is 1. The number of phenolic OH excluding ortho intramolecular Hbond substituents is 2. The maximum atomic E-state index is 12.8. The van der Waals surface area contributed by atoms with Gasteiger partial charge in [-0.25, -0.2) is 0 Å². The first-order chi connectivity index (χ1) is 17.9.